The summed E-state index contributed by atoms with van der Waals surface area (Å²) in [4.78, 5) is 53.5. The molecular formula is C22H27N5O4. The second-order valence-electron chi connectivity index (χ2n) is 7.88. The maximum absolute atomic E-state index is 12.8. The summed E-state index contributed by atoms with van der Waals surface area (Å²) < 4.78 is 0. The summed E-state index contributed by atoms with van der Waals surface area (Å²) in [5.41, 5.74) is 1.99. The van der Waals surface area contributed by atoms with Crippen molar-refractivity contribution in [3.8, 4) is 12.3 Å². The van der Waals surface area contributed by atoms with Crippen LogP contribution in [-0.4, -0.2) is 64.7 Å². The highest BCUT2D eigenvalue weighted by atomic mass is 16.2. The van der Waals surface area contributed by atoms with Gasteiger partial charge in [0, 0.05) is 25.7 Å². The smallest absolute Gasteiger partial charge is 0.254 e. The molecule has 0 saturated carbocycles. The van der Waals surface area contributed by atoms with E-state index in [0.717, 1.165) is 35.9 Å². The Hall–Kier alpha value is -3.41. The third-order valence-corrected chi connectivity index (χ3v) is 5.49. The Labute approximate surface area is 181 Å². The van der Waals surface area contributed by atoms with Crippen LogP contribution < -0.4 is 10.6 Å². The lowest BCUT2D eigenvalue weighted by Gasteiger charge is -2.23. The molecule has 2 atom stereocenters. The van der Waals surface area contributed by atoms with Crippen molar-refractivity contribution in [2.24, 2.45) is 5.92 Å². The third kappa shape index (κ3) is 5.20. The average molecular weight is 425 g/mol. The molecule has 2 aliphatic heterocycles. The van der Waals surface area contributed by atoms with E-state index in [2.05, 4.69) is 21.5 Å². The predicted octanol–water partition coefficient (Wildman–Crippen LogP) is 0.301. The van der Waals surface area contributed by atoms with Gasteiger partial charge < -0.3 is 10.6 Å². The number of Topliss-reactive ketones (excluding diaryl/α,β-unsaturated/α-hetero) is 1. The lowest BCUT2D eigenvalue weighted by atomic mass is 10.00. The molecule has 1 saturated heterocycles. The van der Waals surface area contributed by atoms with Gasteiger partial charge in [-0.3, -0.25) is 24.2 Å². The molecule has 2 aliphatic rings. The van der Waals surface area contributed by atoms with Crippen molar-refractivity contribution in [1.29, 1.82) is 0 Å². The fourth-order valence-electron chi connectivity index (χ4n) is 3.82. The molecule has 3 rings (SSSR count). The van der Waals surface area contributed by atoms with Gasteiger partial charge in [0.15, 0.2) is 0 Å². The molecule has 0 aromatic carbocycles. The van der Waals surface area contributed by atoms with Crippen LogP contribution >= 0.6 is 0 Å². The topological polar surface area (TPSA) is 112 Å². The van der Waals surface area contributed by atoms with Crippen LogP contribution in [0.3, 0.4) is 0 Å². The molecule has 0 bridgehead atoms. The Morgan fingerprint density at radius 2 is 2.13 bits per heavy atom. The van der Waals surface area contributed by atoms with E-state index in [-0.39, 0.29) is 24.7 Å². The number of nitrogens with zero attached hydrogens (tertiary/aromatic N) is 3. The fraction of sp³-hybridized carbons (Fsp3) is 0.500. The molecule has 0 spiro atoms. The van der Waals surface area contributed by atoms with Gasteiger partial charge in [-0.15, -0.1) is 6.42 Å². The summed E-state index contributed by atoms with van der Waals surface area (Å²) in [5, 5.41) is 8.10. The van der Waals surface area contributed by atoms with E-state index in [1.807, 2.05) is 12.1 Å². The Kier molecular flexibility index (Phi) is 6.90. The van der Waals surface area contributed by atoms with Crippen LogP contribution in [0.4, 0.5) is 5.82 Å². The molecule has 2 N–H and O–H groups in total. The molecule has 164 valence electrons. The Bertz CT molecular complexity index is 938. The Balaban J connectivity index is 1.59. The summed E-state index contributed by atoms with van der Waals surface area (Å²) >= 11 is 0. The van der Waals surface area contributed by atoms with Crippen LogP contribution in [0.1, 0.15) is 37.4 Å². The van der Waals surface area contributed by atoms with Crippen LogP contribution in [0, 0.1) is 18.3 Å². The zero-order valence-electron chi connectivity index (χ0n) is 17.8. The van der Waals surface area contributed by atoms with E-state index in [4.69, 9.17) is 6.42 Å². The van der Waals surface area contributed by atoms with Crippen LogP contribution in [0.25, 0.3) is 0 Å². The second-order valence-corrected chi connectivity index (χ2v) is 7.88. The van der Waals surface area contributed by atoms with Crippen LogP contribution in [0.5, 0.6) is 0 Å². The standard InChI is InChI=1S/C22H27N5O4/c1-4-16(12-14(2)28)24-19(29)13-27-22(31)18(21(30)26(27)3)10-9-17-8-7-15-6-5-11-23-20(15)25-17/h1,7-8,16,18H,5-6,9-13H2,2-3H3,(H,23,25)(H,24,29). The van der Waals surface area contributed by atoms with Gasteiger partial charge in [0.2, 0.25) is 5.91 Å². The van der Waals surface area contributed by atoms with E-state index in [1.54, 1.807) is 0 Å². The van der Waals surface area contributed by atoms with Crippen molar-refractivity contribution in [2.45, 2.75) is 45.1 Å². The molecule has 9 heteroatoms. The van der Waals surface area contributed by atoms with Crippen molar-refractivity contribution >= 4 is 29.3 Å². The number of fused-ring (bicyclic) bond motifs is 1. The zero-order chi connectivity index (χ0) is 22.5. The number of rotatable bonds is 8. The predicted molar refractivity (Wildman–Crippen MR) is 113 cm³/mol. The second kappa shape index (κ2) is 9.60. The molecule has 0 radical (unpaired) electrons. The number of ketones is 1. The van der Waals surface area contributed by atoms with E-state index in [9.17, 15) is 19.2 Å². The molecule has 1 fully saturated rings. The van der Waals surface area contributed by atoms with E-state index >= 15 is 0 Å². The molecule has 0 aliphatic carbocycles. The van der Waals surface area contributed by atoms with Gasteiger partial charge in [-0.25, -0.2) is 9.99 Å². The molecule has 1 aromatic rings. The monoisotopic (exact) mass is 425 g/mol. The average Bonchev–Trinajstić information content (AvgIpc) is 2.94. The van der Waals surface area contributed by atoms with Crippen LogP contribution in [-0.2, 0) is 32.0 Å². The SMILES string of the molecule is C#CC(CC(C)=O)NC(=O)CN1C(=O)C(CCc2ccc3c(n2)NCCC3)C(=O)N1C. The Morgan fingerprint density at radius 3 is 2.84 bits per heavy atom. The molecule has 3 amide bonds. The third-order valence-electron chi connectivity index (χ3n) is 5.49. The van der Waals surface area contributed by atoms with E-state index in [0.29, 0.717) is 12.8 Å². The number of carbonyl (C=O) groups is 4. The summed E-state index contributed by atoms with van der Waals surface area (Å²) in [6.07, 6.45) is 8.20. The first-order valence-corrected chi connectivity index (χ1v) is 10.4. The maximum Gasteiger partial charge on any atom is 0.254 e. The zero-order valence-corrected chi connectivity index (χ0v) is 17.8. The number of amides is 3. The fourth-order valence-corrected chi connectivity index (χ4v) is 3.82. The summed E-state index contributed by atoms with van der Waals surface area (Å²) in [7, 11) is 1.46. The maximum atomic E-state index is 12.8. The van der Waals surface area contributed by atoms with E-state index in [1.165, 1.54) is 24.5 Å². The van der Waals surface area contributed by atoms with Gasteiger partial charge in [-0.05, 0) is 44.2 Å². The van der Waals surface area contributed by atoms with E-state index < -0.39 is 23.8 Å². The van der Waals surface area contributed by atoms with Crippen molar-refractivity contribution in [3.05, 3.63) is 23.4 Å². The number of aryl methyl sites for hydroxylation is 2. The van der Waals surface area contributed by atoms with Gasteiger partial charge in [-0.2, -0.15) is 0 Å². The molecular weight excluding hydrogens is 398 g/mol. The minimum atomic E-state index is -0.857. The first kappa shape index (κ1) is 22.3. The van der Waals surface area contributed by atoms with Crippen molar-refractivity contribution in [3.63, 3.8) is 0 Å². The number of anilines is 1. The van der Waals surface area contributed by atoms with Crippen LogP contribution in [0.2, 0.25) is 0 Å². The molecule has 31 heavy (non-hydrogen) atoms. The first-order chi connectivity index (χ1) is 14.8. The van der Waals surface area contributed by atoms with Crippen molar-refractivity contribution < 1.29 is 19.2 Å². The van der Waals surface area contributed by atoms with Crippen LogP contribution in [0.15, 0.2) is 12.1 Å². The highest BCUT2D eigenvalue weighted by Gasteiger charge is 2.44. The number of pyridine rings is 1. The van der Waals surface area contributed by atoms with Gasteiger partial charge in [0.05, 0.1) is 6.04 Å². The molecule has 1 aromatic heterocycles. The molecule has 9 nitrogen and oxygen atoms in total. The number of terminal acetylenes is 1. The Morgan fingerprint density at radius 1 is 1.35 bits per heavy atom. The lowest BCUT2D eigenvalue weighted by Crippen LogP contribution is -2.47. The normalized spacial score (nSPS) is 18.8. The number of nitrogens with one attached hydrogen (secondary N) is 2. The number of hydrazine groups is 1. The van der Waals surface area contributed by atoms with Gasteiger partial charge in [-0.1, -0.05) is 12.0 Å². The van der Waals surface area contributed by atoms with Gasteiger partial charge >= 0.3 is 0 Å². The minimum Gasteiger partial charge on any atom is -0.370 e. The first-order valence-electron chi connectivity index (χ1n) is 10.4. The van der Waals surface area contributed by atoms with Gasteiger partial charge in [0.1, 0.15) is 24.1 Å². The molecule has 3 heterocycles. The number of hydrogen-bond acceptors (Lipinski definition) is 6. The highest BCUT2D eigenvalue weighted by Crippen LogP contribution is 2.24. The summed E-state index contributed by atoms with van der Waals surface area (Å²) in [5.74, 6) is 0.890. The van der Waals surface area contributed by atoms with Crippen molar-refractivity contribution in [2.75, 3.05) is 25.5 Å². The number of aromatic nitrogens is 1. The largest absolute Gasteiger partial charge is 0.370 e. The molecule has 2 unspecified atom stereocenters. The quantitative estimate of drug-likeness (QED) is 0.458. The van der Waals surface area contributed by atoms with Gasteiger partial charge in [0.25, 0.3) is 11.8 Å². The minimum absolute atomic E-state index is 0.0101. The summed E-state index contributed by atoms with van der Waals surface area (Å²) in [6.45, 7) is 1.93. The summed E-state index contributed by atoms with van der Waals surface area (Å²) in [6, 6.07) is 3.22. The number of carbonyl (C=O) groups excluding carboxylic acids is 4. The number of hydrogen-bond donors (Lipinski definition) is 2. The highest BCUT2D eigenvalue weighted by molar-refractivity contribution is 6.06. The van der Waals surface area contributed by atoms with Crippen molar-refractivity contribution in [1.82, 2.24) is 20.3 Å². The lowest BCUT2D eigenvalue weighted by molar-refractivity contribution is -0.147.